The number of nitrogens with zero attached hydrogens (tertiary/aromatic N) is 6. The van der Waals surface area contributed by atoms with Gasteiger partial charge in [0.25, 0.3) is 0 Å². The zero-order chi connectivity index (χ0) is 13.1. The van der Waals surface area contributed by atoms with Gasteiger partial charge in [-0.05, 0) is 0 Å². The van der Waals surface area contributed by atoms with Gasteiger partial charge in [0.05, 0.1) is 0 Å². The molecule has 0 saturated carbocycles. The fourth-order valence-electron chi connectivity index (χ4n) is 1.86. The molecule has 0 aromatic carbocycles. The van der Waals surface area contributed by atoms with Crippen molar-refractivity contribution in [3.05, 3.63) is 18.7 Å². The Labute approximate surface area is 115 Å². The van der Waals surface area contributed by atoms with Gasteiger partial charge in [-0.2, -0.15) is 26.7 Å². The summed E-state index contributed by atoms with van der Waals surface area (Å²) in [5.41, 5.74) is 0. The van der Waals surface area contributed by atoms with Crippen molar-refractivity contribution >= 4 is 23.7 Å². The Kier molecular flexibility index (Phi) is 3.49. The summed E-state index contributed by atoms with van der Waals surface area (Å²) in [4.78, 5) is 19.5. The van der Waals surface area contributed by atoms with Gasteiger partial charge in [-0.15, -0.1) is 0 Å². The van der Waals surface area contributed by atoms with Crippen LogP contribution in [0.2, 0.25) is 0 Å². The Morgan fingerprint density at radius 1 is 1.16 bits per heavy atom. The molecule has 100 valence electrons. The summed E-state index contributed by atoms with van der Waals surface area (Å²) in [6.45, 7) is 1.95. The smallest absolute Gasteiger partial charge is 0.241 e. The van der Waals surface area contributed by atoms with Crippen molar-refractivity contribution in [2.24, 2.45) is 0 Å². The Morgan fingerprint density at radius 3 is 2.63 bits per heavy atom. The van der Waals surface area contributed by atoms with Crippen molar-refractivity contribution in [3.63, 3.8) is 0 Å². The number of hydrogen-bond donors (Lipinski definition) is 1. The molecule has 0 amide bonds. The van der Waals surface area contributed by atoms with Gasteiger partial charge in [0.1, 0.15) is 6.33 Å². The van der Waals surface area contributed by atoms with Crippen molar-refractivity contribution in [1.82, 2.24) is 24.5 Å². The Morgan fingerprint density at radius 2 is 1.95 bits per heavy atom. The molecule has 0 aliphatic carbocycles. The second kappa shape index (κ2) is 5.43. The highest BCUT2D eigenvalue weighted by Gasteiger charge is 2.16. The molecule has 1 aliphatic heterocycles. The summed E-state index contributed by atoms with van der Waals surface area (Å²) >= 11 is 1.96. The molecule has 2 aromatic rings. The monoisotopic (exact) mass is 277 g/mol. The first kappa shape index (κ1) is 12.2. The lowest BCUT2D eigenvalue weighted by atomic mass is 10.5. The van der Waals surface area contributed by atoms with Gasteiger partial charge in [-0.1, -0.05) is 0 Å². The van der Waals surface area contributed by atoms with Crippen LogP contribution in [0.1, 0.15) is 0 Å². The van der Waals surface area contributed by atoms with Crippen molar-refractivity contribution < 1.29 is 0 Å². The third kappa shape index (κ3) is 2.62. The van der Waals surface area contributed by atoms with E-state index in [-0.39, 0.29) is 0 Å². The van der Waals surface area contributed by atoms with E-state index < -0.39 is 0 Å². The Balaban J connectivity index is 1.97. The summed E-state index contributed by atoms with van der Waals surface area (Å²) in [6.07, 6.45) is 5.22. The molecule has 1 N–H and O–H groups in total. The van der Waals surface area contributed by atoms with E-state index in [1.807, 2.05) is 25.0 Å². The summed E-state index contributed by atoms with van der Waals surface area (Å²) in [7, 11) is 1.81. The first-order valence-corrected chi connectivity index (χ1v) is 7.27. The summed E-state index contributed by atoms with van der Waals surface area (Å²) in [5, 5.41) is 2.98. The predicted molar refractivity (Wildman–Crippen MR) is 76.0 cm³/mol. The molecule has 2 aromatic heterocycles. The molecule has 3 heterocycles. The fraction of sp³-hybridized carbons (Fsp3) is 0.455. The van der Waals surface area contributed by atoms with Crippen molar-refractivity contribution in [2.75, 3.05) is 41.9 Å². The predicted octanol–water partition coefficient (Wildman–Crippen LogP) is 0.652. The number of anilines is 2. The summed E-state index contributed by atoms with van der Waals surface area (Å²) in [5.74, 6) is 4.11. The van der Waals surface area contributed by atoms with Crippen LogP contribution in [0.25, 0.3) is 5.95 Å². The highest BCUT2D eigenvalue weighted by atomic mass is 32.2. The quantitative estimate of drug-likeness (QED) is 0.883. The molecule has 0 atom stereocenters. The average molecular weight is 277 g/mol. The number of aromatic nitrogens is 5. The van der Waals surface area contributed by atoms with E-state index in [9.17, 15) is 0 Å². The summed E-state index contributed by atoms with van der Waals surface area (Å²) in [6, 6.07) is 0. The lowest BCUT2D eigenvalue weighted by Crippen LogP contribution is -2.34. The van der Waals surface area contributed by atoms with Gasteiger partial charge in [0.15, 0.2) is 0 Å². The third-order valence-electron chi connectivity index (χ3n) is 2.86. The van der Waals surface area contributed by atoms with Gasteiger partial charge in [0, 0.05) is 44.0 Å². The van der Waals surface area contributed by atoms with E-state index in [2.05, 4.69) is 30.2 Å². The minimum absolute atomic E-state index is 0.576. The molecule has 19 heavy (non-hydrogen) atoms. The van der Waals surface area contributed by atoms with E-state index >= 15 is 0 Å². The molecule has 7 nitrogen and oxygen atoms in total. The van der Waals surface area contributed by atoms with Gasteiger partial charge in [0.2, 0.25) is 17.8 Å². The standard InChI is InChI=1S/C11H15N7S/c1-12-9-14-10(17-4-6-19-7-5-17)16-11(15-9)18-3-2-13-8-18/h2-3,8H,4-7H2,1H3,(H,12,14,15,16). The number of thioether (sulfide) groups is 1. The number of nitrogens with one attached hydrogen (secondary N) is 1. The van der Waals surface area contributed by atoms with Crippen LogP contribution in [0.15, 0.2) is 18.7 Å². The lowest BCUT2D eigenvalue weighted by molar-refractivity contribution is 0.791. The maximum absolute atomic E-state index is 4.52. The molecule has 0 radical (unpaired) electrons. The van der Waals surface area contributed by atoms with Crippen LogP contribution in [-0.4, -0.2) is 56.1 Å². The zero-order valence-corrected chi connectivity index (χ0v) is 11.5. The van der Waals surface area contributed by atoms with Gasteiger partial charge >= 0.3 is 0 Å². The second-order valence-corrected chi connectivity index (χ2v) is 5.30. The Hall–Kier alpha value is -1.83. The average Bonchev–Trinajstić information content (AvgIpc) is 3.02. The van der Waals surface area contributed by atoms with Crippen LogP contribution in [0.3, 0.4) is 0 Å². The molecule has 8 heteroatoms. The normalized spacial score (nSPS) is 15.5. The minimum Gasteiger partial charge on any atom is -0.357 e. The van der Waals surface area contributed by atoms with Crippen LogP contribution in [0, 0.1) is 0 Å². The van der Waals surface area contributed by atoms with E-state index in [0.29, 0.717) is 11.9 Å². The summed E-state index contributed by atoms with van der Waals surface area (Å²) < 4.78 is 1.78. The SMILES string of the molecule is CNc1nc(N2CCSCC2)nc(-n2ccnc2)n1. The maximum atomic E-state index is 4.52. The minimum atomic E-state index is 0.576. The van der Waals surface area contributed by atoms with E-state index in [0.717, 1.165) is 30.5 Å². The first-order chi connectivity index (χ1) is 9.36. The molecule has 1 saturated heterocycles. The van der Waals surface area contributed by atoms with Gasteiger partial charge in [-0.3, -0.25) is 4.57 Å². The van der Waals surface area contributed by atoms with E-state index in [1.165, 1.54) is 0 Å². The molecule has 3 rings (SSSR count). The van der Waals surface area contributed by atoms with Gasteiger partial charge in [-0.25, -0.2) is 4.98 Å². The van der Waals surface area contributed by atoms with Crippen LogP contribution >= 0.6 is 11.8 Å². The van der Waals surface area contributed by atoms with Gasteiger partial charge < -0.3 is 10.2 Å². The lowest BCUT2D eigenvalue weighted by Gasteiger charge is -2.26. The van der Waals surface area contributed by atoms with Crippen molar-refractivity contribution in [3.8, 4) is 5.95 Å². The van der Waals surface area contributed by atoms with E-state index in [1.54, 1.807) is 17.1 Å². The maximum Gasteiger partial charge on any atom is 0.241 e. The van der Waals surface area contributed by atoms with Crippen molar-refractivity contribution in [2.45, 2.75) is 0 Å². The topological polar surface area (TPSA) is 71.8 Å². The van der Waals surface area contributed by atoms with Crippen LogP contribution in [0.4, 0.5) is 11.9 Å². The van der Waals surface area contributed by atoms with Crippen LogP contribution in [0.5, 0.6) is 0 Å². The first-order valence-electron chi connectivity index (χ1n) is 6.11. The van der Waals surface area contributed by atoms with Crippen LogP contribution in [-0.2, 0) is 0 Å². The highest BCUT2D eigenvalue weighted by molar-refractivity contribution is 7.99. The molecule has 0 bridgehead atoms. The van der Waals surface area contributed by atoms with Crippen LogP contribution < -0.4 is 10.2 Å². The highest BCUT2D eigenvalue weighted by Crippen LogP contribution is 2.17. The third-order valence-corrected chi connectivity index (χ3v) is 3.81. The Bertz CT molecular complexity index is 536. The molecular formula is C11H15N7S. The fourth-order valence-corrected chi connectivity index (χ4v) is 2.77. The zero-order valence-electron chi connectivity index (χ0n) is 10.7. The largest absolute Gasteiger partial charge is 0.357 e. The number of hydrogen-bond acceptors (Lipinski definition) is 7. The molecule has 0 unspecified atom stereocenters. The molecular weight excluding hydrogens is 262 g/mol. The second-order valence-electron chi connectivity index (χ2n) is 4.08. The molecule has 0 spiro atoms. The molecule has 1 aliphatic rings. The number of rotatable bonds is 3. The number of imidazole rings is 1. The van der Waals surface area contributed by atoms with E-state index in [4.69, 9.17) is 0 Å². The van der Waals surface area contributed by atoms with Crippen molar-refractivity contribution in [1.29, 1.82) is 0 Å². The molecule has 1 fully saturated rings.